The van der Waals surface area contributed by atoms with Crippen LogP contribution >= 0.6 is 11.6 Å². The zero-order valence-electron chi connectivity index (χ0n) is 8.78. The second-order valence-electron chi connectivity index (χ2n) is 3.77. The van der Waals surface area contributed by atoms with Crippen molar-refractivity contribution in [2.75, 3.05) is 11.5 Å². The zero-order valence-corrected chi connectivity index (χ0v) is 9.54. The molecule has 0 unspecified atom stereocenters. The lowest BCUT2D eigenvalue weighted by Crippen LogP contribution is -1.96. The Morgan fingerprint density at radius 3 is 2.06 bits per heavy atom. The Morgan fingerprint density at radius 1 is 0.812 bits per heavy atom. The van der Waals surface area contributed by atoms with Crippen molar-refractivity contribution in [3.05, 3.63) is 58.6 Å². The molecule has 0 atom stereocenters. The van der Waals surface area contributed by atoms with E-state index in [1.54, 1.807) is 0 Å². The molecule has 0 aromatic heterocycles. The van der Waals surface area contributed by atoms with Crippen LogP contribution in [0.25, 0.3) is 0 Å². The van der Waals surface area contributed by atoms with Gasteiger partial charge in [-0.15, -0.1) is 0 Å². The topological polar surface area (TPSA) is 52.0 Å². The summed E-state index contributed by atoms with van der Waals surface area (Å²) in [4.78, 5) is 0. The van der Waals surface area contributed by atoms with E-state index in [9.17, 15) is 0 Å². The summed E-state index contributed by atoms with van der Waals surface area (Å²) in [5.74, 6) is 0. The smallest absolute Gasteiger partial charge is 0.0550 e. The van der Waals surface area contributed by atoms with Crippen LogP contribution in [-0.4, -0.2) is 0 Å². The third-order valence-electron chi connectivity index (χ3n) is 2.47. The van der Waals surface area contributed by atoms with Crippen molar-refractivity contribution < 1.29 is 0 Å². The van der Waals surface area contributed by atoms with Crippen LogP contribution < -0.4 is 11.5 Å². The highest BCUT2D eigenvalue weighted by atomic mass is 35.5. The second kappa shape index (κ2) is 4.45. The van der Waals surface area contributed by atoms with Gasteiger partial charge < -0.3 is 11.5 Å². The summed E-state index contributed by atoms with van der Waals surface area (Å²) in [6.07, 6.45) is 0.835. The number of halogens is 1. The van der Waals surface area contributed by atoms with Crippen molar-refractivity contribution in [3.8, 4) is 0 Å². The Morgan fingerprint density at radius 2 is 1.44 bits per heavy atom. The molecule has 0 saturated heterocycles. The van der Waals surface area contributed by atoms with Crippen LogP contribution in [0.1, 0.15) is 11.1 Å². The normalized spacial score (nSPS) is 10.3. The van der Waals surface area contributed by atoms with Gasteiger partial charge in [-0.05, 0) is 41.8 Å². The van der Waals surface area contributed by atoms with Crippen LogP contribution in [0.5, 0.6) is 0 Å². The first kappa shape index (κ1) is 10.8. The maximum atomic E-state index is 5.82. The molecular weight excluding hydrogens is 220 g/mol. The van der Waals surface area contributed by atoms with E-state index in [-0.39, 0.29) is 0 Å². The Bertz CT molecular complexity index is 492. The predicted octanol–water partition coefficient (Wildman–Crippen LogP) is 3.10. The average Bonchev–Trinajstić information content (AvgIpc) is 2.27. The van der Waals surface area contributed by atoms with E-state index in [0.717, 1.165) is 17.0 Å². The van der Waals surface area contributed by atoms with Gasteiger partial charge in [-0.25, -0.2) is 0 Å². The van der Waals surface area contributed by atoms with E-state index in [4.69, 9.17) is 23.1 Å². The van der Waals surface area contributed by atoms with Gasteiger partial charge in [0, 0.05) is 5.02 Å². The SMILES string of the molecule is Nc1ccc(Cc2ccc(Cl)cc2)cc1N. The maximum Gasteiger partial charge on any atom is 0.0550 e. The minimum Gasteiger partial charge on any atom is -0.397 e. The molecule has 4 N–H and O–H groups in total. The lowest BCUT2D eigenvalue weighted by Gasteiger charge is -2.05. The van der Waals surface area contributed by atoms with E-state index in [0.29, 0.717) is 11.4 Å². The molecule has 0 radical (unpaired) electrons. The van der Waals surface area contributed by atoms with Gasteiger partial charge in [-0.3, -0.25) is 0 Å². The third-order valence-corrected chi connectivity index (χ3v) is 2.72. The Kier molecular flexibility index (Phi) is 3.02. The molecule has 2 aromatic carbocycles. The molecule has 2 rings (SSSR count). The number of anilines is 2. The lowest BCUT2D eigenvalue weighted by molar-refractivity contribution is 1.20. The molecular formula is C13H13ClN2. The number of benzene rings is 2. The van der Waals surface area contributed by atoms with E-state index < -0.39 is 0 Å². The van der Waals surface area contributed by atoms with Crippen LogP contribution in [-0.2, 0) is 6.42 Å². The van der Waals surface area contributed by atoms with Crippen molar-refractivity contribution in [2.24, 2.45) is 0 Å². The molecule has 0 bridgehead atoms. The maximum absolute atomic E-state index is 5.82. The van der Waals surface area contributed by atoms with Crippen LogP contribution in [0, 0.1) is 0 Å². The zero-order chi connectivity index (χ0) is 11.5. The fourth-order valence-corrected chi connectivity index (χ4v) is 1.70. The lowest BCUT2D eigenvalue weighted by atomic mass is 10.0. The Hall–Kier alpha value is -1.67. The van der Waals surface area contributed by atoms with E-state index in [1.807, 2.05) is 42.5 Å². The van der Waals surface area contributed by atoms with Crippen molar-refractivity contribution in [3.63, 3.8) is 0 Å². The predicted molar refractivity (Wildman–Crippen MR) is 69.5 cm³/mol. The fraction of sp³-hybridized carbons (Fsp3) is 0.0769. The summed E-state index contributed by atoms with van der Waals surface area (Å²) in [5.41, 5.74) is 15.0. The van der Waals surface area contributed by atoms with Crippen molar-refractivity contribution in [1.82, 2.24) is 0 Å². The molecule has 0 aliphatic rings. The first-order valence-electron chi connectivity index (χ1n) is 5.03. The van der Waals surface area contributed by atoms with Crippen molar-refractivity contribution in [2.45, 2.75) is 6.42 Å². The monoisotopic (exact) mass is 232 g/mol. The molecule has 0 heterocycles. The van der Waals surface area contributed by atoms with Crippen LogP contribution in [0.2, 0.25) is 5.02 Å². The highest BCUT2D eigenvalue weighted by molar-refractivity contribution is 6.30. The first-order chi connectivity index (χ1) is 7.65. The number of hydrogen-bond acceptors (Lipinski definition) is 2. The summed E-state index contributed by atoms with van der Waals surface area (Å²) in [5, 5.41) is 0.751. The first-order valence-corrected chi connectivity index (χ1v) is 5.41. The van der Waals surface area contributed by atoms with E-state index in [1.165, 1.54) is 5.56 Å². The number of rotatable bonds is 2. The molecule has 0 aliphatic carbocycles. The molecule has 2 aromatic rings. The van der Waals surface area contributed by atoms with Gasteiger partial charge in [0.25, 0.3) is 0 Å². The summed E-state index contributed by atoms with van der Waals surface area (Å²) in [6.45, 7) is 0. The van der Waals surface area contributed by atoms with Crippen molar-refractivity contribution in [1.29, 1.82) is 0 Å². The Labute approximate surface area is 99.8 Å². The molecule has 0 spiro atoms. The Balaban J connectivity index is 2.20. The second-order valence-corrected chi connectivity index (χ2v) is 4.20. The molecule has 2 nitrogen and oxygen atoms in total. The highest BCUT2D eigenvalue weighted by Crippen LogP contribution is 2.19. The summed E-state index contributed by atoms with van der Waals surface area (Å²) < 4.78 is 0. The number of nitrogen functional groups attached to an aromatic ring is 2. The summed E-state index contributed by atoms with van der Waals surface area (Å²) in [6, 6.07) is 13.5. The molecule has 0 amide bonds. The summed E-state index contributed by atoms with van der Waals surface area (Å²) >= 11 is 5.82. The van der Waals surface area contributed by atoms with Crippen LogP contribution in [0.3, 0.4) is 0 Å². The fourth-order valence-electron chi connectivity index (χ4n) is 1.57. The summed E-state index contributed by atoms with van der Waals surface area (Å²) in [7, 11) is 0. The minimum absolute atomic E-state index is 0.625. The standard InChI is InChI=1S/C13H13ClN2/c14-11-4-1-9(2-5-11)7-10-3-6-12(15)13(16)8-10/h1-6,8H,7,15-16H2. The van der Waals surface area contributed by atoms with Gasteiger partial charge >= 0.3 is 0 Å². The molecule has 0 fully saturated rings. The third kappa shape index (κ3) is 2.47. The van der Waals surface area contributed by atoms with Gasteiger partial charge in [0.05, 0.1) is 11.4 Å². The van der Waals surface area contributed by atoms with Gasteiger partial charge in [-0.1, -0.05) is 29.8 Å². The van der Waals surface area contributed by atoms with Crippen molar-refractivity contribution >= 4 is 23.0 Å². The largest absolute Gasteiger partial charge is 0.397 e. The number of nitrogens with two attached hydrogens (primary N) is 2. The van der Waals surface area contributed by atoms with E-state index in [2.05, 4.69) is 0 Å². The van der Waals surface area contributed by atoms with E-state index >= 15 is 0 Å². The molecule has 0 aliphatic heterocycles. The quantitative estimate of drug-likeness (QED) is 0.782. The van der Waals surface area contributed by atoms with Crippen LogP contribution in [0.15, 0.2) is 42.5 Å². The molecule has 82 valence electrons. The van der Waals surface area contributed by atoms with Gasteiger partial charge in [0.15, 0.2) is 0 Å². The highest BCUT2D eigenvalue weighted by Gasteiger charge is 1.99. The molecule has 3 heteroatoms. The molecule has 0 saturated carbocycles. The average molecular weight is 233 g/mol. The minimum atomic E-state index is 0.625. The number of hydrogen-bond donors (Lipinski definition) is 2. The van der Waals surface area contributed by atoms with Crippen LogP contribution in [0.4, 0.5) is 11.4 Å². The van der Waals surface area contributed by atoms with Gasteiger partial charge in [-0.2, -0.15) is 0 Å². The van der Waals surface area contributed by atoms with Gasteiger partial charge in [0.2, 0.25) is 0 Å². The van der Waals surface area contributed by atoms with Gasteiger partial charge in [0.1, 0.15) is 0 Å². The molecule has 16 heavy (non-hydrogen) atoms.